The van der Waals surface area contributed by atoms with E-state index in [0.29, 0.717) is 6.17 Å². The third kappa shape index (κ3) is 1.24. The van der Waals surface area contributed by atoms with Crippen molar-refractivity contribution < 1.29 is 0 Å². The van der Waals surface area contributed by atoms with Crippen molar-refractivity contribution in [2.45, 2.75) is 19.6 Å². The molecule has 1 unspecified atom stereocenters. The lowest BCUT2D eigenvalue weighted by atomic mass is 10.1. The molecule has 2 N–H and O–H groups in total. The molecule has 0 fully saturated rings. The van der Waals surface area contributed by atoms with E-state index in [1.807, 2.05) is 0 Å². The monoisotopic (exact) mass is 162 g/mol. The zero-order chi connectivity index (χ0) is 8.39. The van der Waals surface area contributed by atoms with Crippen LogP contribution in [0.25, 0.3) is 0 Å². The zero-order valence-corrected chi connectivity index (χ0v) is 7.30. The summed E-state index contributed by atoms with van der Waals surface area (Å²) < 4.78 is 0. The molecule has 0 amide bonds. The first-order chi connectivity index (χ1) is 5.92. The number of benzene rings is 1. The van der Waals surface area contributed by atoms with E-state index < -0.39 is 0 Å². The van der Waals surface area contributed by atoms with Gasteiger partial charge in [-0.05, 0) is 17.7 Å². The van der Waals surface area contributed by atoms with Crippen LogP contribution in [0.5, 0.6) is 0 Å². The molecular formula is C10H14N2. The van der Waals surface area contributed by atoms with Crippen LogP contribution in [0.3, 0.4) is 0 Å². The molecule has 1 aliphatic rings. The predicted octanol–water partition coefficient (Wildman–Crippen LogP) is 1.40. The molecule has 0 spiro atoms. The highest BCUT2D eigenvalue weighted by atomic mass is 15.1. The Morgan fingerprint density at radius 1 is 1.50 bits per heavy atom. The van der Waals surface area contributed by atoms with Crippen LogP contribution in [0.1, 0.15) is 24.2 Å². The minimum Gasteiger partial charge on any atom is -0.298 e. The highest BCUT2D eigenvalue weighted by Crippen LogP contribution is 2.22. The van der Waals surface area contributed by atoms with Crippen LogP contribution < -0.4 is 10.6 Å². The molecule has 1 atom stereocenters. The van der Waals surface area contributed by atoms with E-state index in [1.54, 1.807) is 0 Å². The molecule has 1 aliphatic heterocycles. The summed E-state index contributed by atoms with van der Waals surface area (Å²) >= 11 is 0. The SMILES string of the molecule is CCNC1NCc2ccccc21. The molecule has 1 aromatic carbocycles. The largest absolute Gasteiger partial charge is 0.298 e. The molecule has 0 radical (unpaired) electrons. The number of rotatable bonds is 2. The Morgan fingerprint density at radius 3 is 3.17 bits per heavy atom. The smallest absolute Gasteiger partial charge is 0.0841 e. The average molecular weight is 162 g/mol. The number of nitrogens with one attached hydrogen (secondary N) is 2. The third-order valence-corrected chi connectivity index (χ3v) is 2.27. The first-order valence-electron chi connectivity index (χ1n) is 4.46. The van der Waals surface area contributed by atoms with Gasteiger partial charge in [-0.1, -0.05) is 31.2 Å². The van der Waals surface area contributed by atoms with Gasteiger partial charge in [0.1, 0.15) is 0 Å². The average Bonchev–Trinajstić information content (AvgIpc) is 2.50. The van der Waals surface area contributed by atoms with E-state index in [-0.39, 0.29) is 0 Å². The summed E-state index contributed by atoms with van der Waals surface area (Å²) in [4.78, 5) is 0. The van der Waals surface area contributed by atoms with Crippen molar-refractivity contribution in [3.63, 3.8) is 0 Å². The van der Waals surface area contributed by atoms with Crippen LogP contribution in [0.2, 0.25) is 0 Å². The van der Waals surface area contributed by atoms with Gasteiger partial charge in [-0.25, -0.2) is 0 Å². The van der Waals surface area contributed by atoms with E-state index in [1.165, 1.54) is 11.1 Å². The van der Waals surface area contributed by atoms with Crippen molar-refractivity contribution in [1.82, 2.24) is 10.6 Å². The summed E-state index contributed by atoms with van der Waals surface area (Å²) in [5.74, 6) is 0. The number of hydrogen-bond acceptors (Lipinski definition) is 2. The molecule has 12 heavy (non-hydrogen) atoms. The molecule has 0 bridgehead atoms. The van der Waals surface area contributed by atoms with Crippen molar-refractivity contribution in [3.05, 3.63) is 35.4 Å². The van der Waals surface area contributed by atoms with Crippen molar-refractivity contribution in [3.8, 4) is 0 Å². The van der Waals surface area contributed by atoms with Gasteiger partial charge in [-0.15, -0.1) is 0 Å². The fraction of sp³-hybridized carbons (Fsp3) is 0.400. The van der Waals surface area contributed by atoms with E-state index in [0.717, 1.165) is 13.1 Å². The van der Waals surface area contributed by atoms with Gasteiger partial charge in [0.2, 0.25) is 0 Å². The maximum absolute atomic E-state index is 3.41. The van der Waals surface area contributed by atoms with E-state index in [2.05, 4.69) is 41.8 Å². The Labute approximate surface area is 73.0 Å². The van der Waals surface area contributed by atoms with Gasteiger partial charge in [0.15, 0.2) is 0 Å². The quantitative estimate of drug-likeness (QED) is 0.687. The Balaban J connectivity index is 2.24. The fourth-order valence-electron chi connectivity index (χ4n) is 1.69. The highest BCUT2D eigenvalue weighted by molar-refractivity contribution is 5.33. The summed E-state index contributed by atoms with van der Waals surface area (Å²) in [5.41, 5.74) is 2.82. The van der Waals surface area contributed by atoms with Crippen molar-refractivity contribution in [2.24, 2.45) is 0 Å². The van der Waals surface area contributed by atoms with Gasteiger partial charge in [0.05, 0.1) is 6.17 Å². The lowest BCUT2D eigenvalue weighted by molar-refractivity contribution is 0.485. The van der Waals surface area contributed by atoms with Gasteiger partial charge in [0.25, 0.3) is 0 Å². The molecule has 1 aromatic rings. The summed E-state index contributed by atoms with van der Waals surface area (Å²) in [6.07, 6.45) is 0.367. The second kappa shape index (κ2) is 3.25. The first-order valence-corrected chi connectivity index (χ1v) is 4.46. The summed E-state index contributed by atoms with van der Waals surface area (Å²) in [6.45, 7) is 4.13. The molecule has 0 aliphatic carbocycles. The molecule has 2 rings (SSSR count). The van der Waals surface area contributed by atoms with Crippen LogP contribution in [0, 0.1) is 0 Å². The predicted molar refractivity (Wildman–Crippen MR) is 49.7 cm³/mol. The van der Waals surface area contributed by atoms with Crippen molar-refractivity contribution in [2.75, 3.05) is 6.54 Å². The molecule has 2 heteroatoms. The molecule has 1 heterocycles. The lowest BCUT2D eigenvalue weighted by Gasteiger charge is -2.11. The van der Waals surface area contributed by atoms with Crippen LogP contribution in [-0.4, -0.2) is 6.54 Å². The summed E-state index contributed by atoms with van der Waals surface area (Å²) in [7, 11) is 0. The highest BCUT2D eigenvalue weighted by Gasteiger charge is 2.18. The van der Waals surface area contributed by atoms with Gasteiger partial charge >= 0.3 is 0 Å². The van der Waals surface area contributed by atoms with Crippen molar-refractivity contribution in [1.29, 1.82) is 0 Å². The Bertz CT molecular complexity index is 268. The second-order valence-electron chi connectivity index (χ2n) is 3.07. The second-order valence-corrected chi connectivity index (χ2v) is 3.07. The molecule has 2 nitrogen and oxygen atoms in total. The third-order valence-electron chi connectivity index (χ3n) is 2.27. The topological polar surface area (TPSA) is 24.1 Å². The lowest BCUT2D eigenvalue weighted by Crippen LogP contribution is -2.28. The zero-order valence-electron chi connectivity index (χ0n) is 7.30. The van der Waals surface area contributed by atoms with Crippen LogP contribution >= 0.6 is 0 Å². The summed E-state index contributed by atoms with van der Waals surface area (Å²) in [6, 6.07) is 8.55. The Kier molecular flexibility index (Phi) is 2.11. The Hall–Kier alpha value is -0.860. The maximum Gasteiger partial charge on any atom is 0.0841 e. The molecule has 0 saturated heterocycles. The summed E-state index contributed by atoms with van der Waals surface area (Å²) in [5, 5.41) is 6.80. The van der Waals surface area contributed by atoms with Gasteiger partial charge in [0, 0.05) is 6.54 Å². The minimum atomic E-state index is 0.367. The van der Waals surface area contributed by atoms with E-state index in [4.69, 9.17) is 0 Å². The fourth-order valence-corrected chi connectivity index (χ4v) is 1.69. The molecule has 0 aromatic heterocycles. The minimum absolute atomic E-state index is 0.367. The number of hydrogen-bond donors (Lipinski definition) is 2. The van der Waals surface area contributed by atoms with Gasteiger partial charge < -0.3 is 0 Å². The number of fused-ring (bicyclic) bond motifs is 1. The normalized spacial score (nSPS) is 20.9. The van der Waals surface area contributed by atoms with Crippen LogP contribution in [-0.2, 0) is 6.54 Å². The first kappa shape index (κ1) is 7.77. The molecular weight excluding hydrogens is 148 g/mol. The van der Waals surface area contributed by atoms with Gasteiger partial charge in [-0.2, -0.15) is 0 Å². The van der Waals surface area contributed by atoms with Crippen LogP contribution in [0.4, 0.5) is 0 Å². The van der Waals surface area contributed by atoms with Gasteiger partial charge in [-0.3, -0.25) is 10.6 Å². The molecule has 64 valence electrons. The molecule has 0 saturated carbocycles. The van der Waals surface area contributed by atoms with Crippen molar-refractivity contribution >= 4 is 0 Å². The van der Waals surface area contributed by atoms with E-state index >= 15 is 0 Å². The standard InChI is InChI=1S/C10H14N2/c1-2-11-10-9-6-4-3-5-8(9)7-12-10/h3-6,10-12H,2,7H2,1H3. The van der Waals surface area contributed by atoms with Crippen LogP contribution in [0.15, 0.2) is 24.3 Å². The maximum atomic E-state index is 3.41. The van der Waals surface area contributed by atoms with E-state index in [9.17, 15) is 0 Å². The Morgan fingerprint density at radius 2 is 2.33 bits per heavy atom.